The number of nitrogens with zero attached hydrogens (tertiary/aromatic N) is 3. The molecule has 3 rings (SSSR count). The lowest BCUT2D eigenvalue weighted by Gasteiger charge is -2.28. The molecule has 0 N–H and O–H groups in total. The number of anilines is 1. The fourth-order valence-corrected chi connectivity index (χ4v) is 3.71. The fourth-order valence-electron chi connectivity index (χ4n) is 3.22. The first kappa shape index (κ1) is 22.7. The van der Waals surface area contributed by atoms with E-state index in [2.05, 4.69) is 38.7 Å². The van der Waals surface area contributed by atoms with Crippen molar-refractivity contribution in [2.24, 2.45) is 11.8 Å². The topological polar surface area (TPSA) is 29.0 Å². The van der Waals surface area contributed by atoms with Crippen molar-refractivity contribution in [1.29, 1.82) is 0 Å². The molecule has 1 heterocycles. The van der Waals surface area contributed by atoms with Crippen molar-refractivity contribution >= 4 is 39.9 Å². The predicted octanol–water partition coefficient (Wildman–Crippen LogP) is 3.73. The Morgan fingerprint density at radius 3 is 2.14 bits per heavy atom. The van der Waals surface area contributed by atoms with Gasteiger partial charge in [-0.1, -0.05) is 63.0 Å². The van der Waals surface area contributed by atoms with Crippen LogP contribution in [0.25, 0.3) is 22.3 Å². The van der Waals surface area contributed by atoms with E-state index in [9.17, 15) is 0 Å². The SMILES string of the molecule is CC(C)CN(CC(C)C)c1nc(-c2ccc(Cl)cc2Cl)nc2ccccc12.[Cl-]. The standard InChI is InChI=1S/C22H25Cl2N3.ClH/c1-14(2)12-27(13-15(3)4)22-18-7-5-6-8-20(18)25-21(26-22)17-10-9-16(23)11-19(17)24;/h5-11,14-15H,12-13H2,1-4H3;1H/p-1. The Labute approximate surface area is 183 Å². The van der Waals surface area contributed by atoms with Crippen LogP contribution in [0.4, 0.5) is 5.82 Å². The molecule has 2 aromatic carbocycles. The van der Waals surface area contributed by atoms with E-state index in [-0.39, 0.29) is 12.4 Å². The molecule has 0 aliphatic carbocycles. The van der Waals surface area contributed by atoms with Crippen LogP contribution in [-0.4, -0.2) is 23.1 Å². The Morgan fingerprint density at radius 1 is 0.893 bits per heavy atom. The van der Waals surface area contributed by atoms with Gasteiger partial charge in [0.25, 0.3) is 0 Å². The summed E-state index contributed by atoms with van der Waals surface area (Å²) in [4.78, 5) is 12.1. The third-order valence-electron chi connectivity index (χ3n) is 4.23. The lowest BCUT2D eigenvalue weighted by molar-refractivity contribution is -0.00000578. The predicted molar refractivity (Wildman–Crippen MR) is 117 cm³/mol. The number of halogens is 3. The quantitative estimate of drug-likeness (QED) is 0.588. The number of hydrogen-bond donors (Lipinski definition) is 0. The van der Waals surface area contributed by atoms with E-state index < -0.39 is 0 Å². The maximum Gasteiger partial charge on any atom is 0.163 e. The van der Waals surface area contributed by atoms with Crippen LogP contribution < -0.4 is 17.3 Å². The minimum Gasteiger partial charge on any atom is -1.00 e. The molecular formula is C22H25Cl3N3-. The molecule has 0 amide bonds. The highest BCUT2D eigenvalue weighted by Crippen LogP contribution is 2.32. The van der Waals surface area contributed by atoms with E-state index in [0.717, 1.165) is 35.4 Å². The number of para-hydroxylation sites is 1. The molecule has 6 heteroatoms. The second kappa shape index (κ2) is 9.78. The summed E-state index contributed by atoms with van der Waals surface area (Å²) >= 11 is 12.5. The molecule has 0 saturated heterocycles. The van der Waals surface area contributed by atoms with Gasteiger partial charge in [-0.3, -0.25) is 0 Å². The summed E-state index contributed by atoms with van der Waals surface area (Å²) in [5, 5.41) is 2.22. The van der Waals surface area contributed by atoms with Gasteiger partial charge in [0.15, 0.2) is 5.82 Å². The number of benzene rings is 2. The molecule has 1 aromatic heterocycles. The van der Waals surface area contributed by atoms with Gasteiger partial charge < -0.3 is 17.3 Å². The van der Waals surface area contributed by atoms with Crippen molar-refractivity contribution in [2.45, 2.75) is 27.7 Å². The van der Waals surface area contributed by atoms with E-state index in [1.54, 1.807) is 6.07 Å². The number of fused-ring (bicyclic) bond motifs is 1. The Hall–Kier alpha value is -1.55. The van der Waals surface area contributed by atoms with Gasteiger partial charge in [0.05, 0.1) is 10.5 Å². The third-order valence-corrected chi connectivity index (χ3v) is 4.77. The van der Waals surface area contributed by atoms with Crippen molar-refractivity contribution in [1.82, 2.24) is 9.97 Å². The maximum atomic E-state index is 6.44. The van der Waals surface area contributed by atoms with Gasteiger partial charge in [-0.25, -0.2) is 9.97 Å². The zero-order valence-electron chi connectivity index (χ0n) is 16.6. The first-order valence-electron chi connectivity index (χ1n) is 9.32. The molecule has 0 fully saturated rings. The number of hydrogen-bond acceptors (Lipinski definition) is 3. The smallest absolute Gasteiger partial charge is 0.163 e. The van der Waals surface area contributed by atoms with Gasteiger partial charge in [-0.2, -0.15) is 0 Å². The second-order valence-electron chi connectivity index (χ2n) is 7.70. The minimum absolute atomic E-state index is 0. The molecular weight excluding hydrogens is 413 g/mol. The van der Waals surface area contributed by atoms with Crippen molar-refractivity contribution < 1.29 is 12.4 Å². The Balaban J connectivity index is 0.00000280. The van der Waals surface area contributed by atoms with Crippen LogP contribution in [0.5, 0.6) is 0 Å². The Morgan fingerprint density at radius 2 is 1.54 bits per heavy atom. The summed E-state index contributed by atoms with van der Waals surface area (Å²) < 4.78 is 0. The van der Waals surface area contributed by atoms with Crippen LogP contribution in [0.3, 0.4) is 0 Å². The lowest BCUT2D eigenvalue weighted by atomic mass is 10.1. The molecule has 3 aromatic rings. The van der Waals surface area contributed by atoms with Gasteiger partial charge in [-0.05, 0) is 42.2 Å². The third kappa shape index (κ3) is 5.28. The molecule has 0 radical (unpaired) electrons. The van der Waals surface area contributed by atoms with Crippen LogP contribution in [0.2, 0.25) is 10.0 Å². The molecule has 0 bridgehead atoms. The van der Waals surface area contributed by atoms with Crippen LogP contribution in [-0.2, 0) is 0 Å². The zero-order valence-corrected chi connectivity index (χ0v) is 18.9. The van der Waals surface area contributed by atoms with Gasteiger partial charge in [0, 0.05) is 29.1 Å². The molecule has 0 atom stereocenters. The van der Waals surface area contributed by atoms with Crippen LogP contribution in [0.15, 0.2) is 42.5 Å². The highest BCUT2D eigenvalue weighted by Gasteiger charge is 2.18. The van der Waals surface area contributed by atoms with Crippen molar-refractivity contribution in [3.8, 4) is 11.4 Å². The average molecular weight is 438 g/mol. The first-order chi connectivity index (χ1) is 12.8. The maximum absolute atomic E-state index is 6.44. The molecule has 0 unspecified atom stereocenters. The highest BCUT2D eigenvalue weighted by molar-refractivity contribution is 6.36. The second-order valence-corrected chi connectivity index (χ2v) is 8.55. The molecule has 0 saturated carbocycles. The van der Waals surface area contributed by atoms with E-state index in [0.29, 0.717) is 27.7 Å². The Bertz CT molecular complexity index is 931. The molecule has 0 aliphatic heterocycles. The summed E-state index contributed by atoms with van der Waals surface area (Å²) in [6.45, 7) is 10.8. The van der Waals surface area contributed by atoms with Gasteiger partial charge >= 0.3 is 0 Å². The van der Waals surface area contributed by atoms with Crippen LogP contribution >= 0.6 is 23.2 Å². The monoisotopic (exact) mass is 436 g/mol. The summed E-state index contributed by atoms with van der Waals surface area (Å²) in [5.41, 5.74) is 1.71. The fraction of sp³-hybridized carbons (Fsp3) is 0.364. The molecule has 3 nitrogen and oxygen atoms in total. The normalized spacial score (nSPS) is 11.1. The molecule has 0 aliphatic rings. The first-order valence-corrected chi connectivity index (χ1v) is 10.1. The van der Waals surface area contributed by atoms with Crippen LogP contribution in [0.1, 0.15) is 27.7 Å². The van der Waals surface area contributed by atoms with Gasteiger partial charge in [-0.15, -0.1) is 0 Å². The minimum atomic E-state index is 0. The Kier molecular flexibility index (Phi) is 7.94. The number of aromatic nitrogens is 2. The molecule has 28 heavy (non-hydrogen) atoms. The summed E-state index contributed by atoms with van der Waals surface area (Å²) in [6, 6.07) is 13.6. The lowest BCUT2D eigenvalue weighted by Crippen LogP contribution is -3.00. The summed E-state index contributed by atoms with van der Waals surface area (Å²) in [6.07, 6.45) is 0. The van der Waals surface area contributed by atoms with E-state index in [4.69, 9.17) is 33.2 Å². The van der Waals surface area contributed by atoms with Crippen molar-refractivity contribution in [2.75, 3.05) is 18.0 Å². The highest BCUT2D eigenvalue weighted by atomic mass is 35.5. The number of rotatable bonds is 6. The largest absolute Gasteiger partial charge is 1.00 e. The molecule has 150 valence electrons. The van der Waals surface area contributed by atoms with E-state index in [1.807, 2.05) is 30.3 Å². The van der Waals surface area contributed by atoms with E-state index >= 15 is 0 Å². The van der Waals surface area contributed by atoms with Crippen molar-refractivity contribution in [3.63, 3.8) is 0 Å². The van der Waals surface area contributed by atoms with Gasteiger partial charge in [0.2, 0.25) is 0 Å². The van der Waals surface area contributed by atoms with E-state index in [1.165, 1.54) is 0 Å². The molecule has 0 spiro atoms. The van der Waals surface area contributed by atoms with Crippen LogP contribution in [0, 0.1) is 11.8 Å². The van der Waals surface area contributed by atoms with Crippen molar-refractivity contribution in [3.05, 3.63) is 52.5 Å². The summed E-state index contributed by atoms with van der Waals surface area (Å²) in [5.74, 6) is 2.65. The summed E-state index contributed by atoms with van der Waals surface area (Å²) in [7, 11) is 0. The average Bonchev–Trinajstić information content (AvgIpc) is 2.59. The van der Waals surface area contributed by atoms with Gasteiger partial charge in [0.1, 0.15) is 5.82 Å². The zero-order chi connectivity index (χ0) is 19.6.